The van der Waals surface area contributed by atoms with Gasteiger partial charge in [-0.05, 0) is 31.0 Å². The monoisotopic (exact) mass is 513 g/mol. The lowest BCUT2D eigenvalue weighted by Gasteiger charge is -2.45. The van der Waals surface area contributed by atoms with E-state index >= 15 is 0 Å². The van der Waals surface area contributed by atoms with Crippen LogP contribution in [0.1, 0.15) is 39.3 Å². The Balaban J connectivity index is 1.36. The van der Waals surface area contributed by atoms with E-state index in [1.807, 2.05) is 4.90 Å². The molecule has 2 aliphatic heterocycles. The number of fused-ring (bicyclic) bond motifs is 2. The summed E-state index contributed by atoms with van der Waals surface area (Å²) in [6.07, 6.45) is 4.06. The summed E-state index contributed by atoms with van der Waals surface area (Å²) >= 11 is 13.4. The number of alkyl halides is 2. The molecule has 1 spiro atoms. The third kappa shape index (κ3) is 4.04. The van der Waals surface area contributed by atoms with E-state index in [0.29, 0.717) is 51.5 Å². The number of piperidine rings is 1. The molecule has 0 unspecified atom stereocenters. The first-order valence-electron chi connectivity index (χ1n) is 10.1. The number of pyridine rings is 1. The second-order valence-corrected chi connectivity index (χ2v) is 10.2. The first-order chi connectivity index (χ1) is 15.7. The van der Waals surface area contributed by atoms with Gasteiger partial charge in [0.15, 0.2) is 5.82 Å². The molecule has 0 bridgehead atoms. The number of likely N-dealkylation sites (tertiary alicyclic amines) is 1. The number of hydrogen-bond acceptors (Lipinski definition) is 7. The van der Waals surface area contributed by atoms with Crippen molar-refractivity contribution in [2.24, 2.45) is 0 Å². The predicted octanol–water partition coefficient (Wildman–Crippen LogP) is 3.61. The molecule has 1 fully saturated rings. The van der Waals surface area contributed by atoms with Crippen LogP contribution in [-0.4, -0.2) is 45.3 Å². The van der Waals surface area contributed by atoms with Gasteiger partial charge in [0.2, 0.25) is 0 Å². The predicted molar refractivity (Wildman–Crippen MR) is 116 cm³/mol. The summed E-state index contributed by atoms with van der Waals surface area (Å²) in [5.41, 5.74) is -0.611. The molecular weight excluding hydrogens is 497 g/mol. The maximum Gasteiger partial charge on any atom is 0.297 e. The van der Waals surface area contributed by atoms with Gasteiger partial charge in [-0.1, -0.05) is 23.2 Å². The minimum Gasteiger partial charge on any atom is -0.543 e. The Morgan fingerprint density at radius 2 is 2.06 bits per heavy atom. The minimum atomic E-state index is -3.06. The maximum atomic E-state index is 14.3. The van der Waals surface area contributed by atoms with Crippen molar-refractivity contribution in [3.05, 3.63) is 61.6 Å². The number of rotatable bonds is 4. The summed E-state index contributed by atoms with van der Waals surface area (Å²) in [4.78, 5) is 18.3. The van der Waals surface area contributed by atoms with Crippen LogP contribution in [0, 0.1) is 0 Å². The lowest BCUT2D eigenvalue weighted by Crippen LogP contribution is -2.48. The molecule has 3 aromatic heterocycles. The Labute approximate surface area is 201 Å². The molecule has 0 aromatic carbocycles. The number of carbonyl (C=O) groups is 1. The van der Waals surface area contributed by atoms with Crippen molar-refractivity contribution in [3.8, 4) is 5.82 Å². The smallest absolute Gasteiger partial charge is 0.297 e. The Kier molecular flexibility index (Phi) is 5.69. The van der Waals surface area contributed by atoms with E-state index in [0.717, 1.165) is 11.3 Å². The second-order valence-electron chi connectivity index (χ2n) is 8.10. The molecule has 5 heterocycles. The molecular formula is C21H17Cl2F2N4O3S-. The van der Waals surface area contributed by atoms with Crippen molar-refractivity contribution in [2.75, 3.05) is 19.7 Å². The molecule has 12 heteroatoms. The van der Waals surface area contributed by atoms with Crippen LogP contribution in [0.2, 0.25) is 9.36 Å². The van der Waals surface area contributed by atoms with E-state index in [4.69, 9.17) is 27.9 Å². The van der Waals surface area contributed by atoms with Crippen LogP contribution in [0.5, 0.6) is 0 Å². The van der Waals surface area contributed by atoms with Crippen LogP contribution in [0.4, 0.5) is 8.78 Å². The first-order valence-corrected chi connectivity index (χ1v) is 11.7. The second kappa shape index (κ2) is 8.28. The number of nitrogens with zero attached hydrogens (tertiary/aromatic N) is 4. The van der Waals surface area contributed by atoms with Gasteiger partial charge in [-0.15, -0.1) is 11.3 Å². The summed E-state index contributed by atoms with van der Waals surface area (Å²) in [6.45, 7) is 0.642. The third-order valence-electron chi connectivity index (χ3n) is 6.04. The van der Waals surface area contributed by atoms with E-state index in [-0.39, 0.29) is 17.8 Å². The number of carboxylic acids is 1. The van der Waals surface area contributed by atoms with E-state index in [9.17, 15) is 18.7 Å². The zero-order chi connectivity index (χ0) is 23.4. The van der Waals surface area contributed by atoms with Crippen LogP contribution < -0.4 is 5.11 Å². The molecule has 0 atom stereocenters. The molecule has 33 heavy (non-hydrogen) atoms. The van der Waals surface area contributed by atoms with Gasteiger partial charge in [-0.25, -0.2) is 9.67 Å². The van der Waals surface area contributed by atoms with E-state index in [1.54, 1.807) is 18.3 Å². The standard InChI is InChI=1S/C21H18Cl2F2N4O3S/c22-14-2-1-5-26-18(14)29-10-12(16(27-29)19(30)31)9-28-6-3-20(4-7-28)17-13(8-15(23)33-17)21(24,25)11-32-20/h1-2,5,8,10H,3-4,6-7,9,11H2,(H,30,31)/p-1. The van der Waals surface area contributed by atoms with Crippen molar-refractivity contribution in [3.63, 3.8) is 0 Å². The van der Waals surface area contributed by atoms with Gasteiger partial charge < -0.3 is 14.6 Å². The molecule has 1 saturated heterocycles. The van der Waals surface area contributed by atoms with Crippen LogP contribution in [0.25, 0.3) is 5.82 Å². The highest BCUT2D eigenvalue weighted by molar-refractivity contribution is 7.16. The summed E-state index contributed by atoms with van der Waals surface area (Å²) in [7, 11) is 0. The summed E-state index contributed by atoms with van der Waals surface area (Å²) in [5.74, 6) is -4.16. The molecule has 0 N–H and O–H groups in total. The molecule has 3 aromatic rings. The molecule has 0 radical (unpaired) electrons. The quantitative estimate of drug-likeness (QED) is 0.529. The SMILES string of the molecule is O=C([O-])c1nn(-c2ncccc2Cl)cc1CN1CCC2(CC1)OCC(F)(F)c1cc(Cl)sc12. The largest absolute Gasteiger partial charge is 0.543 e. The Morgan fingerprint density at radius 1 is 1.30 bits per heavy atom. The zero-order valence-corrected chi connectivity index (χ0v) is 19.4. The van der Waals surface area contributed by atoms with Crippen molar-refractivity contribution >= 4 is 40.5 Å². The highest BCUT2D eigenvalue weighted by Gasteiger charge is 2.51. The van der Waals surface area contributed by atoms with Gasteiger partial charge in [0.25, 0.3) is 5.92 Å². The van der Waals surface area contributed by atoms with Gasteiger partial charge >= 0.3 is 0 Å². The Hall–Kier alpha value is -2.11. The van der Waals surface area contributed by atoms with Crippen LogP contribution in [0.3, 0.4) is 0 Å². The number of halogens is 4. The van der Waals surface area contributed by atoms with Crippen molar-refractivity contribution in [1.82, 2.24) is 19.7 Å². The summed E-state index contributed by atoms with van der Waals surface area (Å²) in [6, 6.07) is 4.63. The van der Waals surface area contributed by atoms with E-state index in [2.05, 4.69) is 10.1 Å². The molecule has 0 saturated carbocycles. The Morgan fingerprint density at radius 3 is 2.76 bits per heavy atom. The average Bonchev–Trinajstić information content (AvgIpc) is 3.38. The van der Waals surface area contributed by atoms with E-state index < -0.39 is 24.1 Å². The molecule has 7 nitrogen and oxygen atoms in total. The fraction of sp³-hybridized carbons (Fsp3) is 0.381. The fourth-order valence-corrected chi connectivity index (χ4v) is 6.07. The third-order valence-corrected chi connectivity index (χ3v) is 7.78. The van der Waals surface area contributed by atoms with E-state index in [1.165, 1.54) is 16.9 Å². The number of ether oxygens (including phenoxy) is 1. The summed E-state index contributed by atoms with van der Waals surface area (Å²) in [5, 5.41) is 16.1. The lowest BCUT2D eigenvalue weighted by molar-refractivity contribution is -0.255. The average molecular weight is 514 g/mol. The van der Waals surface area contributed by atoms with Gasteiger partial charge in [-0.3, -0.25) is 4.90 Å². The van der Waals surface area contributed by atoms with Crippen LogP contribution >= 0.6 is 34.5 Å². The topological polar surface area (TPSA) is 83.3 Å². The zero-order valence-electron chi connectivity index (χ0n) is 17.1. The van der Waals surface area contributed by atoms with Crippen molar-refractivity contribution < 1.29 is 23.4 Å². The number of thiophene rings is 1. The number of aromatic nitrogens is 3. The molecule has 174 valence electrons. The van der Waals surface area contributed by atoms with Gasteiger partial charge in [0.05, 0.1) is 15.3 Å². The number of hydrogen-bond donors (Lipinski definition) is 0. The lowest BCUT2D eigenvalue weighted by atomic mass is 9.84. The number of aromatic carboxylic acids is 1. The Bertz CT molecular complexity index is 1220. The highest BCUT2D eigenvalue weighted by Crippen LogP contribution is 2.52. The molecule has 0 amide bonds. The van der Waals surface area contributed by atoms with Gasteiger partial charge in [0, 0.05) is 48.0 Å². The van der Waals surface area contributed by atoms with Crippen molar-refractivity contribution in [2.45, 2.75) is 30.9 Å². The van der Waals surface area contributed by atoms with Crippen LogP contribution in [0.15, 0.2) is 30.6 Å². The molecule has 0 aliphatic carbocycles. The highest BCUT2D eigenvalue weighted by atomic mass is 35.5. The van der Waals surface area contributed by atoms with Crippen LogP contribution in [-0.2, 0) is 22.8 Å². The normalized spacial score (nSPS) is 19.5. The van der Waals surface area contributed by atoms with Gasteiger partial charge in [-0.2, -0.15) is 13.9 Å². The van der Waals surface area contributed by atoms with Crippen molar-refractivity contribution in [1.29, 1.82) is 0 Å². The fourth-order valence-electron chi connectivity index (χ4n) is 4.38. The maximum absolute atomic E-state index is 14.3. The number of carbonyl (C=O) groups excluding carboxylic acids is 1. The first kappa shape index (κ1) is 22.7. The molecule has 5 rings (SSSR count). The summed E-state index contributed by atoms with van der Waals surface area (Å²) < 4.78 is 36.0. The number of carboxylic acid groups (broad SMARTS) is 1. The molecule has 2 aliphatic rings. The minimum absolute atomic E-state index is 0.0510. The van der Waals surface area contributed by atoms with Gasteiger partial charge in [0.1, 0.15) is 17.9 Å².